The molecule has 2 rings (SSSR count). The normalized spacial score (nSPS) is 10.9. The highest BCUT2D eigenvalue weighted by Crippen LogP contribution is 2.26. The van der Waals surface area contributed by atoms with Gasteiger partial charge in [-0.05, 0) is 78.6 Å². The molecule has 0 spiro atoms. The third kappa shape index (κ3) is 5.83. The number of aryl methyl sites for hydroxylation is 3. The van der Waals surface area contributed by atoms with Gasteiger partial charge in [0.25, 0.3) is 0 Å². The second-order valence-corrected chi connectivity index (χ2v) is 7.36. The molecular formula is C23H31NO3. The Morgan fingerprint density at radius 1 is 1.04 bits per heavy atom. The van der Waals surface area contributed by atoms with Gasteiger partial charge in [0.15, 0.2) is 6.61 Å². The average molecular weight is 370 g/mol. The zero-order chi connectivity index (χ0) is 20.0. The third-order valence-corrected chi connectivity index (χ3v) is 4.75. The lowest BCUT2D eigenvalue weighted by Crippen LogP contribution is -2.19. The molecule has 0 amide bonds. The van der Waals surface area contributed by atoms with Gasteiger partial charge >= 0.3 is 5.97 Å². The molecule has 27 heavy (non-hydrogen) atoms. The van der Waals surface area contributed by atoms with Gasteiger partial charge in [-0.15, -0.1) is 0 Å². The lowest BCUT2D eigenvalue weighted by atomic mass is 9.91. The van der Waals surface area contributed by atoms with E-state index < -0.39 is 5.97 Å². The molecule has 2 aromatic rings. The first-order chi connectivity index (χ1) is 12.8. The van der Waals surface area contributed by atoms with Gasteiger partial charge in [0.1, 0.15) is 12.4 Å². The van der Waals surface area contributed by atoms with E-state index in [4.69, 9.17) is 15.2 Å². The lowest BCUT2D eigenvalue weighted by molar-refractivity contribution is -0.145. The molecule has 0 aliphatic rings. The Kier molecular flexibility index (Phi) is 7.43. The van der Waals surface area contributed by atoms with Crippen molar-refractivity contribution in [3.63, 3.8) is 0 Å². The summed E-state index contributed by atoms with van der Waals surface area (Å²) in [5, 5.41) is 0. The van der Waals surface area contributed by atoms with Crippen molar-refractivity contribution in [1.29, 1.82) is 0 Å². The number of benzene rings is 2. The van der Waals surface area contributed by atoms with Crippen LogP contribution in [0.15, 0.2) is 30.3 Å². The molecule has 0 fully saturated rings. The Balaban J connectivity index is 2.13. The van der Waals surface area contributed by atoms with Crippen LogP contribution < -0.4 is 10.5 Å². The first kappa shape index (κ1) is 21.0. The molecule has 0 aliphatic carbocycles. The zero-order valence-electron chi connectivity index (χ0n) is 17.1. The van der Waals surface area contributed by atoms with E-state index >= 15 is 0 Å². The number of carbonyl (C=O) groups is 1. The molecule has 2 aromatic carbocycles. The molecule has 146 valence electrons. The summed E-state index contributed by atoms with van der Waals surface area (Å²) in [4.78, 5) is 11.6. The summed E-state index contributed by atoms with van der Waals surface area (Å²) >= 11 is 0. The fourth-order valence-corrected chi connectivity index (χ4v) is 3.30. The molecule has 2 N–H and O–H groups in total. The number of carbonyl (C=O) groups excluding carboxylic acids is 1. The predicted molar refractivity (Wildman–Crippen MR) is 109 cm³/mol. The monoisotopic (exact) mass is 369 g/mol. The predicted octanol–water partition coefficient (Wildman–Crippen LogP) is 4.21. The van der Waals surface area contributed by atoms with Gasteiger partial charge in [-0.1, -0.05) is 32.0 Å². The molecule has 0 heterocycles. The van der Waals surface area contributed by atoms with Crippen molar-refractivity contribution < 1.29 is 14.3 Å². The summed E-state index contributed by atoms with van der Waals surface area (Å²) in [5.41, 5.74) is 13.0. The highest BCUT2D eigenvalue weighted by atomic mass is 16.6. The Bertz CT molecular complexity index is 773. The number of hydrogen-bond donors (Lipinski definition) is 1. The summed E-state index contributed by atoms with van der Waals surface area (Å²) in [7, 11) is 0. The van der Waals surface area contributed by atoms with Crippen LogP contribution in [0.5, 0.6) is 5.75 Å². The first-order valence-corrected chi connectivity index (χ1v) is 9.49. The van der Waals surface area contributed by atoms with Gasteiger partial charge in [-0.3, -0.25) is 0 Å². The number of rotatable bonds is 8. The first-order valence-electron chi connectivity index (χ1n) is 9.49. The number of hydrogen-bond acceptors (Lipinski definition) is 4. The molecule has 0 aromatic heterocycles. The van der Waals surface area contributed by atoms with Crippen molar-refractivity contribution in [2.45, 2.75) is 47.0 Å². The maximum atomic E-state index is 11.6. The fourth-order valence-electron chi connectivity index (χ4n) is 3.30. The van der Waals surface area contributed by atoms with Crippen LogP contribution in [0.4, 0.5) is 0 Å². The molecule has 0 radical (unpaired) electrons. The van der Waals surface area contributed by atoms with Crippen molar-refractivity contribution in [3.05, 3.63) is 63.7 Å². The van der Waals surface area contributed by atoms with Gasteiger partial charge in [-0.2, -0.15) is 0 Å². The van der Waals surface area contributed by atoms with Crippen LogP contribution >= 0.6 is 0 Å². The quantitative estimate of drug-likeness (QED) is 0.708. The lowest BCUT2D eigenvalue weighted by Gasteiger charge is -2.16. The zero-order valence-corrected chi connectivity index (χ0v) is 17.1. The summed E-state index contributed by atoms with van der Waals surface area (Å²) in [6.45, 7) is 11.2. The summed E-state index contributed by atoms with van der Waals surface area (Å²) in [6, 6.07) is 10.7. The molecule has 0 atom stereocenters. The topological polar surface area (TPSA) is 61.5 Å². The molecule has 0 saturated heterocycles. The SMILES string of the molecule is Cc1ccc(Cc2c(C)cc(OCC(=O)OCCN)cc2C)cc1C(C)C. The Morgan fingerprint density at radius 3 is 2.30 bits per heavy atom. The minimum atomic E-state index is -0.402. The van der Waals surface area contributed by atoms with Crippen LogP contribution in [0.1, 0.15) is 53.1 Å². The van der Waals surface area contributed by atoms with E-state index in [1.807, 2.05) is 12.1 Å². The molecule has 0 aliphatic heterocycles. The van der Waals surface area contributed by atoms with Gasteiger partial charge < -0.3 is 15.2 Å². The molecule has 4 nitrogen and oxygen atoms in total. The maximum absolute atomic E-state index is 11.6. The van der Waals surface area contributed by atoms with Crippen LogP contribution in [-0.2, 0) is 16.0 Å². The smallest absolute Gasteiger partial charge is 0.344 e. The summed E-state index contributed by atoms with van der Waals surface area (Å²) in [6.07, 6.45) is 0.885. The standard InChI is InChI=1S/C23H31NO3/c1-15(2)21-12-19(7-6-16(21)3)13-22-17(4)10-20(11-18(22)5)27-14-23(25)26-9-8-24/h6-7,10-12,15H,8-9,13-14,24H2,1-5H3. The van der Waals surface area contributed by atoms with Gasteiger partial charge in [-0.25, -0.2) is 4.79 Å². The van der Waals surface area contributed by atoms with Crippen LogP contribution in [0.3, 0.4) is 0 Å². The second-order valence-electron chi connectivity index (χ2n) is 7.36. The largest absolute Gasteiger partial charge is 0.482 e. The molecule has 0 unspecified atom stereocenters. The fraction of sp³-hybridized carbons (Fsp3) is 0.435. The third-order valence-electron chi connectivity index (χ3n) is 4.75. The number of nitrogens with two attached hydrogens (primary N) is 1. The van der Waals surface area contributed by atoms with Crippen LogP contribution in [0.2, 0.25) is 0 Å². The van der Waals surface area contributed by atoms with E-state index in [2.05, 4.69) is 52.8 Å². The van der Waals surface area contributed by atoms with Crippen molar-refractivity contribution in [1.82, 2.24) is 0 Å². The van der Waals surface area contributed by atoms with Gasteiger partial charge in [0, 0.05) is 6.54 Å². The summed E-state index contributed by atoms with van der Waals surface area (Å²) in [5.74, 6) is 0.799. The molecule has 4 heteroatoms. The minimum absolute atomic E-state index is 0.103. The minimum Gasteiger partial charge on any atom is -0.482 e. The van der Waals surface area contributed by atoms with Crippen LogP contribution in [0, 0.1) is 20.8 Å². The van der Waals surface area contributed by atoms with Crippen LogP contribution in [-0.4, -0.2) is 25.7 Å². The maximum Gasteiger partial charge on any atom is 0.344 e. The highest BCUT2D eigenvalue weighted by molar-refractivity contribution is 5.71. The van der Waals surface area contributed by atoms with E-state index in [1.165, 1.54) is 22.3 Å². The van der Waals surface area contributed by atoms with Crippen LogP contribution in [0.25, 0.3) is 0 Å². The summed E-state index contributed by atoms with van der Waals surface area (Å²) < 4.78 is 10.5. The van der Waals surface area contributed by atoms with Crippen molar-refractivity contribution >= 4 is 5.97 Å². The average Bonchev–Trinajstić information content (AvgIpc) is 2.62. The van der Waals surface area contributed by atoms with Gasteiger partial charge in [0.05, 0.1) is 0 Å². The molecular weight excluding hydrogens is 338 g/mol. The van der Waals surface area contributed by atoms with Crippen molar-refractivity contribution in [2.75, 3.05) is 19.8 Å². The highest BCUT2D eigenvalue weighted by Gasteiger charge is 2.11. The van der Waals surface area contributed by atoms with Gasteiger partial charge in [0.2, 0.25) is 0 Å². The van der Waals surface area contributed by atoms with E-state index in [0.717, 1.165) is 17.5 Å². The van der Waals surface area contributed by atoms with E-state index in [1.54, 1.807) is 0 Å². The Labute approximate surface area is 162 Å². The second kappa shape index (κ2) is 9.56. The van der Waals surface area contributed by atoms with E-state index in [-0.39, 0.29) is 13.2 Å². The Morgan fingerprint density at radius 2 is 1.70 bits per heavy atom. The molecule has 0 saturated carbocycles. The molecule has 0 bridgehead atoms. The van der Waals surface area contributed by atoms with E-state index in [9.17, 15) is 4.79 Å². The number of esters is 1. The van der Waals surface area contributed by atoms with E-state index in [0.29, 0.717) is 18.2 Å². The number of ether oxygens (including phenoxy) is 2. The van der Waals surface area contributed by atoms with Crippen molar-refractivity contribution in [3.8, 4) is 5.75 Å². The Hall–Kier alpha value is -2.33. The van der Waals surface area contributed by atoms with Crippen molar-refractivity contribution in [2.24, 2.45) is 5.73 Å².